The van der Waals surface area contributed by atoms with Gasteiger partial charge in [0.15, 0.2) is 0 Å². The van der Waals surface area contributed by atoms with Gasteiger partial charge in [0.1, 0.15) is 11.6 Å². The van der Waals surface area contributed by atoms with E-state index < -0.39 is 17.5 Å². The lowest BCUT2D eigenvalue weighted by atomic mass is 10.1. The molecule has 1 amide bonds. The number of carbonyl (C=O) groups is 1. The molecule has 0 fully saturated rings. The Morgan fingerprint density at radius 2 is 1.59 bits per heavy atom. The van der Waals surface area contributed by atoms with Crippen molar-refractivity contribution in [2.75, 3.05) is 29.4 Å². The maximum atomic E-state index is 14.2. The van der Waals surface area contributed by atoms with Gasteiger partial charge in [-0.15, -0.1) is 0 Å². The summed E-state index contributed by atoms with van der Waals surface area (Å²) in [5, 5.41) is 0. The lowest BCUT2D eigenvalue weighted by molar-refractivity contribution is 0.0983. The molecule has 0 radical (unpaired) electrons. The fraction of sp³-hybridized carbons (Fsp3) is 0.208. The zero-order valence-corrected chi connectivity index (χ0v) is 16.0. The minimum absolute atomic E-state index is 0.238. The maximum absolute atomic E-state index is 14.2. The van der Waals surface area contributed by atoms with E-state index in [1.54, 1.807) is 4.90 Å². The highest BCUT2D eigenvalue weighted by atomic mass is 19.1. The van der Waals surface area contributed by atoms with Crippen LogP contribution in [0.3, 0.4) is 0 Å². The largest absolute Gasteiger partial charge is 0.369 e. The van der Waals surface area contributed by atoms with Crippen LogP contribution in [0, 0.1) is 11.6 Å². The summed E-state index contributed by atoms with van der Waals surface area (Å²) in [4.78, 5) is 16.9. The zero-order chi connectivity index (χ0) is 20.2. The third-order valence-corrected chi connectivity index (χ3v) is 5.24. The lowest BCUT2D eigenvalue weighted by Crippen LogP contribution is -2.32. The monoisotopic (exact) mass is 392 g/mol. The summed E-state index contributed by atoms with van der Waals surface area (Å²) in [5.41, 5.74) is 2.68. The number of para-hydroxylation sites is 2. The minimum atomic E-state index is -0.709. The number of rotatable bonds is 4. The average Bonchev–Trinajstić information content (AvgIpc) is 2.94. The highest BCUT2D eigenvalue weighted by molar-refractivity contribution is 6.08. The van der Waals surface area contributed by atoms with Crippen molar-refractivity contribution in [2.24, 2.45) is 0 Å². The van der Waals surface area contributed by atoms with E-state index in [2.05, 4.69) is 17.0 Å². The van der Waals surface area contributed by atoms with Crippen LogP contribution in [0.2, 0.25) is 0 Å². The third-order valence-electron chi connectivity index (χ3n) is 5.24. The number of anilines is 2. The molecule has 1 heterocycles. The van der Waals surface area contributed by atoms with Crippen molar-refractivity contribution in [1.82, 2.24) is 0 Å². The minimum Gasteiger partial charge on any atom is -0.369 e. The van der Waals surface area contributed by atoms with Gasteiger partial charge in [0.25, 0.3) is 5.91 Å². The van der Waals surface area contributed by atoms with Gasteiger partial charge in [0, 0.05) is 19.6 Å². The summed E-state index contributed by atoms with van der Waals surface area (Å²) in [6.45, 7) is 2.06. The predicted molar refractivity (Wildman–Crippen MR) is 111 cm³/mol. The Balaban J connectivity index is 1.63. The molecule has 0 unspecified atom stereocenters. The molecule has 3 nitrogen and oxygen atoms in total. The standard InChI is InChI=1S/C24H22F2N2O/c25-19-11-12-21(26)20(17-19)24(29)28-15-6-14-27(22-9-4-5-10-23(22)28)16-13-18-7-2-1-3-8-18/h1-5,7-12,17H,6,13-16H2. The van der Waals surface area contributed by atoms with Crippen LogP contribution in [0.15, 0.2) is 72.8 Å². The third kappa shape index (κ3) is 4.14. The Kier molecular flexibility index (Phi) is 5.56. The van der Waals surface area contributed by atoms with Gasteiger partial charge < -0.3 is 9.80 Å². The summed E-state index contributed by atoms with van der Waals surface area (Å²) in [6.07, 6.45) is 1.63. The Bertz CT molecular complexity index is 1010. The fourth-order valence-corrected chi connectivity index (χ4v) is 3.78. The van der Waals surface area contributed by atoms with Crippen LogP contribution >= 0.6 is 0 Å². The first-order chi connectivity index (χ1) is 14.1. The molecule has 4 rings (SSSR count). The topological polar surface area (TPSA) is 23.6 Å². The molecule has 0 aromatic heterocycles. The van der Waals surface area contributed by atoms with Crippen LogP contribution in [-0.4, -0.2) is 25.5 Å². The van der Waals surface area contributed by atoms with Crippen LogP contribution in [0.4, 0.5) is 20.2 Å². The van der Waals surface area contributed by atoms with Gasteiger partial charge in [-0.2, -0.15) is 0 Å². The molecule has 3 aromatic rings. The molecule has 0 spiro atoms. The van der Waals surface area contributed by atoms with Crippen molar-refractivity contribution in [2.45, 2.75) is 12.8 Å². The first kappa shape index (κ1) is 19.1. The van der Waals surface area contributed by atoms with Crippen molar-refractivity contribution in [3.63, 3.8) is 0 Å². The van der Waals surface area contributed by atoms with E-state index in [4.69, 9.17) is 0 Å². The predicted octanol–water partition coefficient (Wildman–Crippen LogP) is 5.06. The highest BCUT2D eigenvalue weighted by Gasteiger charge is 2.27. The van der Waals surface area contributed by atoms with Gasteiger partial charge in [0.2, 0.25) is 0 Å². The number of benzene rings is 3. The van der Waals surface area contributed by atoms with E-state index in [-0.39, 0.29) is 5.56 Å². The molecule has 5 heteroatoms. The molecular weight excluding hydrogens is 370 g/mol. The number of nitrogens with zero attached hydrogens (tertiary/aromatic N) is 2. The molecule has 29 heavy (non-hydrogen) atoms. The fourth-order valence-electron chi connectivity index (χ4n) is 3.78. The van der Waals surface area contributed by atoms with Crippen LogP contribution in [0.25, 0.3) is 0 Å². The number of carbonyl (C=O) groups excluding carboxylic acids is 1. The van der Waals surface area contributed by atoms with E-state index in [1.165, 1.54) is 5.56 Å². The van der Waals surface area contributed by atoms with Crippen LogP contribution in [0.1, 0.15) is 22.3 Å². The number of amides is 1. The van der Waals surface area contributed by atoms with Gasteiger partial charge in [0.05, 0.1) is 16.9 Å². The van der Waals surface area contributed by atoms with Gasteiger partial charge >= 0.3 is 0 Å². The second-order valence-electron chi connectivity index (χ2n) is 7.15. The van der Waals surface area contributed by atoms with Crippen molar-refractivity contribution in [1.29, 1.82) is 0 Å². The zero-order valence-electron chi connectivity index (χ0n) is 16.0. The maximum Gasteiger partial charge on any atom is 0.261 e. The highest BCUT2D eigenvalue weighted by Crippen LogP contribution is 2.33. The van der Waals surface area contributed by atoms with E-state index >= 15 is 0 Å². The molecule has 0 aliphatic carbocycles. The molecule has 0 N–H and O–H groups in total. The second kappa shape index (κ2) is 8.43. The van der Waals surface area contributed by atoms with Crippen molar-refractivity contribution >= 4 is 17.3 Å². The molecule has 148 valence electrons. The quantitative estimate of drug-likeness (QED) is 0.619. The van der Waals surface area contributed by atoms with Gasteiger partial charge in [-0.25, -0.2) is 8.78 Å². The van der Waals surface area contributed by atoms with Gasteiger partial charge in [-0.3, -0.25) is 4.79 Å². The first-order valence-electron chi connectivity index (χ1n) is 9.78. The summed E-state index contributed by atoms with van der Waals surface area (Å²) in [7, 11) is 0. The first-order valence-corrected chi connectivity index (χ1v) is 9.78. The number of halogens is 2. The van der Waals surface area contributed by atoms with Crippen molar-refractivity contribution in [3.05, 3.63) is 95.6 Å². The molecule has 0 saturated heterocycles. The molecule has 3 aromatic carbocycles. The lowest BCUT2D eigenvalue weighted by Gasteiger charge is -2.27. The Morgan fingerprint density at radius 3 is 2.38 bits per heavy atom. The van der Waals surface area contributed by atoms with Crippen LogP contribution in [-0.2, 0) is 6.42 Å². The Morgan fingerprint density at radius 1 is 0.862 bits per heavy atom. The SMILES string of the molecule is O=C(c1cc(F)ccc1F)N1CCCN(CCc2ccccc2)c2ccccc21. The molecular formula is C24H22F2N2O. The summed E-state index contributed by atoms with van der Waals surface area (Å²) < 4.78 is 27.8. The molecule has 0 atom stereocenters. The van der Waals surface area contributed by atoms with Crippen molar-refractivity contribution < 1.29 is 13.6 Å². The molecule has 1 aliphatic heterocycles. The molecule has 0 bridgehead atoms. The molecule has 1 aliphatic rings. The number of hydrogen-bond acceptors (Lipinski definition) is 2. The molecule has 0 saturated carbocycles. The summed E-state index contributed by atoms with van der Waals surface area (Å²) in [5.74, 6) is -1.85. The van der Waals surface area contributed by atoms with E-state index in [9.17, 15) is 13.6 Å². The average molecular weight is 392 g/mol. The number of fused-ring (bicyclic) bond motifs is 1. The van der Waals surface area contributed by atoms with E-state index in [0.717, 1.165) is 55.5 Å². The van der Waals surface area contributed by atoms with E-state index in [0.29, 0.717) is 6.54 Å². The smallest absolute Gasteiger partial charge is 0.261 e. The van der Waals surface area contributed by atoms with Crippen LogP contribution < -0.4 is 9.80 Å². The normalized spacial score (nSPS) is 13.7. The Hall–Kier alpha value is -3.21. The summed E-state index contributed by atoms with van der Waals surface area (Å²) in [6, 6.07) is 20.9. The number of hydrogen-bond donors (Lipinski definition) is 0. The second-order valence-corrected chi connectivity index (χ2v) is 7.15. The van der Waals surface area contributed by atoms with Gasteiger partial charge in [-0.05, 0) is 48.7 Å². The van der Waals surface area contributed by atoms with Crippen molar-refractivity contribution in [3.8, 4) is 0 Å². The Labute approximate surface area is 169 Å². The van der Waals surface area contributed by atoms with Gasteiger partial charge in [-0.1, -0.05) is 42.5 Å². The van der Waals surface area contributed by atoms with Crippen LogP contribution in [0.5, 0.6) is 0 Å². The summed E-state index contributed by atoms with van der Waals surface area (Å²) >= 11 is 0. The van der Waals surface area contributed by atoms with E-state index in [1.807, 2.05) is 42.5 Å².